The fourth-order valence-electron chi connectivity index (χ4n) is 2.66. The molecule has 1 unspecified atom stereocenters. The highest BCUT2D eigenvalue weighted by Crippen LogP contribution is 2.17. The van der Waals surface area contributed by atoms with E-state index in [9.17, 15) is 4.79 Å². The molecule has 0 radical (unpaired) electrons. The minimum atomic E-state index is 0.156. The van der Waals surface area contributed by atoms with Gasteiger partial charge in [-0.15, -0.1) is 0 Å². The van der Waals surface area contributed by atoms with Gasteiger partial charge in [-0.2, -0.15) is 0 Å². The molecule has 0 bridgehead atoms. The van der Waals surface area contributed by atoms with Crippen molar-refractivity contribution in [3.63, 3.8) is 0 Å². The van der Waals surface area contributed by atoms with Gasteiger partial charge in [0.25, 0.3) is 0 Å². The second-order valence-corrected chi connectivity index (χ2v) is 5.45. The van der Waals surface area contributed by atoms with E-state index in [0.29, 0.717) is 12.3 Å². The molecule has 4 nitrogen and oxygen atoms in total. The van der Waals surface area contributed by atoms with Crippen LogP contribution < -0.4 is 5.73 Å². The van der Waals surface area contributed by atoms with Crippen molar-refractivity contribution < 1.29 is 9.53 Å². The van der Waals surface area contributed by atoms with Crippen molar-refractivity contribution in [1.82, 2.24) is 4.90 Å². The van der Waals surface area contributed by atoms with Crippen LogP contribution in [0.1, 0.15) is 46.5 Å². The van der Waals surface area contributed by atoms with E-state index in [1.54, 1.807) is 0 Å². The Kier molecular flexibility index (Phi) is 6.65. The smallest absolute Gasteiger partial charge is 0.222 e. The number of nitrogens with zero attached hydrogens (tertiary/aromatic N) is 1. The zero-order chi connectivity index (χ0) is 13.5. The number of hydrogen-bond donors (Lipinski definition) is 1. The van der Waals surface area contributed by atoms with Gasteiger partial charge in [0.15, 0.2) is 0 Å². The van der Waals surface area contributed by atoms with Crippen molar-refractivity contribution in [2.24, 2.45) is 11.7 Å². The highest BCUT2D eigenvalue weighted by Gasteiger charge is 2.25. The summed E-state index contributed by atoms with van der Waals surface area (Å²) in [5, 5.41) is 0. The van der Waals surface area contributed by atoms with Gasteiger partial charge in [0, 0.05) is 19.5 Å². The van der Waals surface area contributed by atoms with Gasteiger partial charge >= 0.3 is 0 Å². The van der Waals surface area contributed by atoms with Crippen molar-refractivity contribution in [3.8, 4) is 0 Å². The Bertz CT molecular complexity index is 248. The van der Waals surface area contributed by atoms with E-state index in [0.717, 1.165) is 38.9 Å². The summed E-state index contributed by atoms with van der Waals surface area (Å²) in [4.78, 5) is 14.1. The molecule has 0 aromatic heterocycles. The number of hydrogen-bond acceptors (Lipinski definition) is 3. The zero-order valence-corrected chi connectivity index (χ0v) is 12.0. The second-order valence-electron chi connectivity index (χ2n) is 5.45. The number of carbonyl (C=O) groups is 1. The lowest BCUT2D eigenvalue weighted by Crippen LogP contribution is -2.48. The molecule has 0 saturated carbocycles. The van der Waals surface area contributed by atoms with Crippen LogP contribution in [0.5, 0.6) is 0 Å². The molecule has 1 heterocycles. The molecule has 1 rings (SSSR count). The van der Waals surface area contributed by atoms with Gasteiger partial charge in [-0.1, -0.05) is 13.3 Å². The molecule has 3 atom stereocenters. The van der Waals surface area contributed by atoms with E-state index in [2.05, 4.69) is 6.92 Å². The summed E-state index contributed by atoms with van der Waals surface area (Å²) in [6.07, 6.45) is 4.07. The molecule has 0 aromatic carbocycles. The Morgan fingerprint density at radius 3 is 2.44 bits per heavy atom. The van der Waals surface area contributed by atoms with Crippen molar-refractivity contribution in [3.05, 3.63) is 0 Å². The quantitative estimate of drug-likeness (QED) is 0.788. The summed E-state index contributed by atoms with van der Waals surface area (Å²) in [6.45, 7) is 8.41. The van der Waals surface area contributed by atoms with Gasteiger partial charge in [0.05, 0.1) is 12.2 Å². The highest BCUT2D eigenvalue weighted by molar-refractivity contribution is 5.76. The van der Waals surface area contributed by atoms with E-state index in [1.807, 2.05) is 18.7 Å². The predicted octanol–water partition coefficient (Wildman–Crippen LogP) is 1.78. The molecule has 1 fully saturated rings. The maximum Gasteiger partial charge on any atom is 0.222 e. The van der Waals surface area contributed by atoms with E-state index in [1.165, 1.54) is 0 Å². The van der Waals surface area contributed by atoms with Crippen molar-refractivity contribution in [2.75, 3.05) is 19.6 Å². The van der Waals surface area contributed by atoms with Crippen LogP contribution in [0.15, 0.2) is 0 Å². The average molecular weight is 256 g/mol. The number of nitrogens with two attached hydrogens (primary N) is 1. The zero-order valence-electron chi connectivity index (χ0n) is 12.0. The molecule has 1 saturated heterocycles. The molecule has 0 aliphatic carbocycles. The number of carbonyl (C=O) groups excluding carboxylic acids is 1. The third-order valence-corrected chi connectivity index (χ3v) is 3.69. The molecule has 0 spiro atoms. The van der Waals surface area contributed by atoms with Gasteiger partial charge < -0.3 is 15.4 Å². The van der Waals surface area contributed by atoms with E-state index >= 15 is 0 Å². The Morgan fingerprint density at radius 1 is 1.33 bits per heavy atom. The number of rotatable bonds is 6. The summed E-state index contributed by atoms with van der Waals surface area (Å²) in [5.41, 5.74) is 5.58. The Labute approximate surface area is 111 Å². The maximum atomic E-state index is 12.2. The fraction of sp³-hybridized carbons (Fsp3) is 0.929. The molecule has 18 heavy (non-hydrogen) atoms. The Hall–Kier alpha value is -0.610. The van der Waals surface area contributed by atoms with Crippen molar-refractivity contribution >= 4 is 5.91 Å². The molecule has 4 heteroatoms. The summed E-state index contributed by atoms with van der Waals surface area (Å²) >= 11 is 0. The maximum absolute atomic E-state index is 12.2. The van der Waals surface area contributed by atoms with E-state index in [-0.39, 0.29) is 18.1 Å². The molecule has 1 aliphatic heterocycles. The SMILES string of the molecule is CCC(CCN)CCC(=O)N1C[C@@H](C)O[C@@H](C)C1. The molecule has 0 aromatic rings. The first-order chi connectivity index (χ1) is 8.56. The molecular formula is C14H28N2O2. The van der Waals surface area contributed by atoms with Gasteiger partial charge in [0.1, 0.15) is 0 Å². The summed E-state index contributed by atoms with van der Waals surface area (Å²) in [6, 6.07) is 0. The first kappa shape index (κ1) is 15.4. The van der Waals surface area contributed by atoms with Crippen LogP contribution in [0.2, 0.25) is 0 Å². The van der Waals surface area contributed by atoms with Crippen LogP contribution in [0.4, 0.5) is 0 Å². The lowest BCUT2D eigenvalue weighted by Gasteiger charge is -2.35. The number of ether oxygens (including phenoxy) is 1. The molecule has 1 amide bonds. The molecule has 2 N–H and O–H groups in total. The third-order valence-electron chi connectivity index (χ3n) is 3.69. The lowest BCUT2D eigenvalue weighted by atomic mass is 9.96. The van der Waals surface area contributed by atoms with Crippen LogP contribution in [0.3, 0.4) is 0 Å². The predicted molar refractivity (Wildman–Crippen MR) is 73.3 cm³/mol. The Morgan fingerprint density at radius 2 is 1.94 bits per heavy atom. The van der Waals surface area contributed by atoms with Crippen LogP contribution in [0, 0.1) is 5.92 Å². The van der Waals surface area contributed by atoms with Crippen molar-refractivity contribution in [2.45, 2.75) is 58.7 Å². The largest absolute Gasteiger partial charge is 0.372 e. The minimum Gasteiger partial charge on any atom is -0.372 e. The topological polar surface area (TPSA) is 55.6 Å². The monoisotopic (exact) mass is 256 g/mol. The molecular weight excluding hydrogens is 228 g/mol. The second kappa shape index (κ2) is 7.74. The van der Waals surface area contributed by atoms with Crippen LogP contribution in [0.25, 0.3) is 0 Å². The van der Waals surface area contributed by atoms with Gasteiger partial charge in [-0.25, -0.2) is 0 Å². The lowest BCUT2D eigenvalue weighted by molar-refractivity contribution is -0.143. The number of amides is 1. The highest BCUT2D eigenvalue weighted by atomic mass is 16.5. The Balaban J connectivity index is 2.35. The van der Waals surface area contributed by atoms with Crippen LogP contribution in [-0.4, -0.2) is 42.6 Å². The summed E-state index contributed by atoms with van der Waals surface area (Å²) in [7, 11) is 0. The fourth-order valence-corrected chi connectivity index (χ4v) is 2.66. The van der Waals surface area contributed by atoms with Gasteiger partial charge in [0.2, 0.25) is 5.91 Å². The molecule has 1 aliphatic rings. The summed E-state index contributed by atoms with van der Waals surface area (Å²) < 4.78 is 5.64. The third kappa shape index (κ3) is 4.94. The van der Waals surface area contributed by atoms with Gasteiger partial charge in [-0.05, 0) is 39.2 Å². The van der Waals surface area contributed by atoms with E-state index < -0.39 is 0 Å². The minimum absolute atomic E-state index is 0.156. The van der Waals surface area contributed by atoms with E-state index in [4.69, 9.17) is 10.5 Å². The standard InChI is InChI=1S/C14H28N2O2/c1-4-13(7-8-15)5-6-14(17)16-9-11(2)18-12(3)10-16/h11-13H,4-10,15H2,1-3H3/t11-,12+,13?. The average Bonchev–Trinajstić information content (AvgIpc) is 2.32. The molecule has 106 valence electrons. The summed E-state index contributed by atoms with van der Waals surface area (Å²) in [5.74, 6) is 0.863. The first-order valence-electron chi connectivity index (χ1n) is 7.20. The normalized spacial score (nSPS) is 26.1. The van der Waals surface area contributed by atoms with Crippen LogP contribution >= 0.6 is 0 Å². The number of morpholine rings is 1. The van der Waals surface area contributed by atoms with Gasteiger partial charge in [-0.3, -0.25) is 4.79 Å². The van der Waals surface area contributed by atoms with Crippen LogP contribution in [-0.2, 0) is 9.53 Å². The van der Waals surface area contributed by atoms with Crippen molar-refractivity contribution in [1.29, 1.82) is 0 Å². The first-order valence-corrected chi connectivity index (χ1v) is 7.20.